The molecule has 0 amide bonds. The maximum Gasteiger partial charge on any atom is 0.126 e. The number of methoxy groups -OCH3 is 1. The Kier molecular flexibility index (Phi) is 13.0. The normalized spacial score (nSPS) is 7.00. The highest BCUT2D eigenvalue weighted by molar-refractivity contribution is 5.72. The van der Waals surface area contributed by atoms with E-state index in [9.17, 15) is 4.79 Å². The van der Waals surface area contributed by atoms with E-state index in [0.29, 0.717) is 0 Å². The van der Waals surface area contributed by atoms with Crippen molar-refractivity contribution in [2.45, 2.75) is 20.8 Å². The van der Waals surface area contributed by atoms with Crippen molar-refractivity contribution in [1.82, 2.24) is 0 Å². The van der Waals surface area contributed by atoms with E-state index in [4.69, 9.17) is 0 Å². The summed E-state index contributed by atoms with van der Waals surface area (Å²) in [7, 11) is 1.68. The fourth-order valence-corrected chi connectivity index (χ4v) is 0. The number of ether oxygens (including phenoxy) is 1. The first-order valence-corrected chi connectivity index (χ1v) is 2.61. The molecule has 0 fully saturated rings. The lowest BCUT2D eigenvalue weighted by Crippen LogP contribution is -1.73. The Hall–Kier alpha value is -0.370. The first-order chi connectivity index (χ1) is 3.65. The maximum absolute atomic E-state index is 9.44. The summed E-state index contributed by atoms with van der Waals surface area (Å²) in [4.78, 5) is 9.44. The molecule has 0 aromatic rings. The van der Waals surface area contributed by atoms with Crippen molar-refractivity contribution in [2.75, 3.05) is 13.7 Å². The number of ketones is 1. The summed E-state index contributed by atoms with van der Waals surface area (Å²) in [6, 6.07) is 0. The Bertz CT molecular complexity index is 44.5. The molecule has 0 aliphatic rings. The molecule has 0 bridgehead atoms. The van der Waals surface area contributed by atoms with Crippen LogP contribution in [0.15, 0.2) is 0 Å². The second kappa shape index (κ2) is 9.80. The van der Waals surface area contributed by atoms with Gasteiger partial charge in [-0.25, -0.2) is 0 Å². The van der Waals surface area contributed by atoms with Gasteiger partial charge in [0.05, 0.1) is 0 Å². The van der Waals surface area contributed by atoms with E-state index >= 15 is 0 Å². The molecule has 0 aromatic carbocycles. The van der Waals surface area contributed by atoms with Gasteiger partial charge in [0.2, 0.25) is 0 Å². The summed E-state index contributed by atoms with van der Waals surface area (Å²) >= 11 is 0. The molecule has 0 saturated carbocycles. The van der Waals surface area contributed by atoms with Crippen molar-refractivity contribution in [3.8, 4) is 0 Å². The van der Waals surface area contributed by atoms with Crippen LogP contribution in [0.5, 0.6) is 0 Å². The summed E-state index contributed by atoms with van der Waals surface area (Å²) in [6.07, 6.45) is 0. The average Bonchev–Trinajstić information content (AvgIpc) is 1.65. The lowest BCUT2D eigenvalue weighted by molar-refractivity contribution is -0.114. The molecule has 0 radical (unpaired) electrons. The molecule has 50 valence electrons. The average molecular weight is 118 g/mol. The molecular formula is C6H14O2. The summed E-state index contributed by atoms with van der Waals surface area (Å²) in [6.45, 7) is 5.83. The Balaban J connectivity index is 0. The zero-order valence-corrected chi connectivity index (χ0v) is 6.02. The highest BCUT2D eigenvalue weighted by atomic mass is 16.5. The Labute approximate surface area is 50.8 Å². The zero-order valence-electron chi connectivity index (χ0n) is 6.02. The number of carbonyl (C=O) groups is 1. The van der Waals surface area contributed by atoms with Crippen LogP contribution in [0.3, 0.4) is 0 Å². The second-order valence-electron chi connectivity index (χ2n) is 1.49. The molecule has 2 nitrogen and oxygen atoms in total. The van der Waals surface area contributed by atoms with Crippen LogP contribution >= 0.6 is 0 Å². The molecule has 0 aromatic heterocycles. The van der Waals surface area contributed by atoms with Crippen LogP contribution < -0.4 is 0 Å². The van der Waals surface area contributed by atoms with Gasteiger partial charge in [-0.15, -0.1) is 0 Å². The molecule has 0 saturated heterocycles. The summed E-state index contributed by atoms with van der Waals surface area (Å²) < 4.78 is 4.54. The third-order valence-electron chi connectivity index (χ3n) is 0.289. The van der Waals surface area contributed by atoms with Gasteiger partial charge in [0, 0.05) is 13.7 Å². The van der Waals surface area contributed by atoms with E-state index < -0.39 is 0 Å². The van der Waals surface area contributed by atoms with Crippen molar-refractivity contribution in [3.63, 3.8) is 0 Å². The van der Waals surface area contributed by atoms with Crippen molar-refractivity contribution >= 4 is 5.78 Å². The topological polar surface area (TPSA) is 26.3 Å². The van der Waals surface area contributed by atoms with Gasteiger partial charge in [-0.05, 0) is 20.8 Å². The number of hydrogen-bond donors (Lipinski definition) is 0. The van der Waals surface area contributed by atoms with E-state index in [1.165, 1.54) is 13.8 Å². The molecule has 8 heavy (non-hydrogen) atoms. The number of hydrogen-bond acceptors (Lipinski definition) is 2. The minimum absolute atomic E-state index is 0.167. The van der Waals surface area contributed by atoms with Gasteiger partial charge in [-0.2, -0.15) is 0 Å². The smallest absolute Gasteiger partial charge is 0.126 e. The third kappa shape index (κ3) is 304. The van der Waals surface area contributed by atoms with Gasteiger partial charge in [-0.3, -0.25) is 0 Å². The maximum atomic E-state index is 9.44. The minimum atomic E-state index is 0.167. The van der Waals surface area contributed by atoms with E-state index in [-0.39, 0.29) is 5.78 Å². The van der Waals surface area contributed by atoms with Crippen molar-refractivity contribution in [1.29, 1.82) is 0 Å². The molecule has 2 heteroatoms. The van der Waals surface area contributed by atoms with Crippen molar-refractivity contribution in [2.24, 2.45) is 0 Å². The SMILES string of the molecule is CC(C)=O.CCOC. The Morgan fingerprint density at radius 2 is 1.62 bits per heavy atom. The fraction of sp³-hybridized carbons (Fsp3) is 0.833. The third-order valence-corrected chi connectivity index (χ3v) is 0.289. The number of carbonyl (C=O) groups excluding carboxylic acids is 1. The van der Waals surface area contributed by atoms with Crippen LogP contribution in [0.25, 0.3) is 0 Å². The number of rotatable bonds is 1. The molecule has 0 unspecified atom stereocenters. The highest BCUT2D eigenvalue weighted by Crippen LogP contribution is 1.52. The molecule has 0 N–H and O–H groups in total. The first-order valence-electron chi connectivity index (χ1n) is 2.61. The largest absolute Gasteiger partial charge is 0.385 e. The monoisotopic (exact) mass is 118 g/mol. The molecule has 0 rings (SSSR count). The minimum Gasteiger partial charge on any atom is -0.385 e. The molecule has 0 atom stereocenters. The number of Topliss-reactive ketones (excluding diaryl/α,β-unsaturated/α-hetero) is 1. The summed E-state index contributed by atoms with van der Waals surface area (Å²) in [5.74, 6) is 0.167. The van der Waals surface area contributed by atoms with E-state index in [1.807, 2.05) is 6.92 Å². The highest BCUT2D eigenvalue weighted by Gasteiger charge is 1.62. The van der Waals surface area contributed by atoms with Crippen LogP contribution in [0, 0.1) is 0 Å². The van der Waals surface area contributed by atoms with Gasteiger partial charge in [0.15, 0.2) is 0 Å². The van der Waals surface area contributed by atoms with Gasteiger partial charge < -0.3 is 9.53 Å². The molecule has 0 heterocycles. The standard InChI is InChI=1S/C3H8O.C3H6O/c1-3-4-2;1-3(2)4/h3H2,1-2H3;1-2H3. The van der Waals surface area contributed by atoms with Gasteiger partial charge in [-0.1, -0.05) is 0 Å². The van der Waals surface area contributed by atoms with Gasteiger partial charge >= 0.3 is 0 Å². The second-order valence-corrected chi connectivity index (χ2v) is 1.49. The van der Waals surface area contributed by atoms with E-state index in [2.05, 4.69) is 4.74 Å². The molecule has 0 aliphatic carbocycles. The predicted octanol–water partition coefficient (Wildman–Crippen LogP) is 1.25. The van der Waals surface area contributed by atoms with Crippen LogP contribution in [-0.2, 0) is 9.53 Å². The lowest BCUT2D eigenvalue weighted by Gasteiger charge is -1.76. The van der Waals surface area contributed by atoms with Crippen molar-refractivity contribution in [3.05, 3.63) is 0 Å². The zero-order chi connectivity index (χ0) is 6.99. The quantitative estimate of drug-likeness (QED) is 0.518. The van der Waals surface area contributed by atoms with Crippen LogP contribution in [0.2, 0.25) is 0 Å². The van der Waals surface area contributed by atoms with Crippen LogP contribution in [0.1, 0.15) is 20.8 Å². The Morgan fingerprint density at radius 3 is 1.62 bits per heavy atom. The van der Waals surface area contributed by atoms with Crippen LogP contribution in [-0.4, -0.2) is 19.5 Å². The molecular weight excluding hydrogens is 104 g/mol. The fourth-order valence-electron chi connectivity index (χ4n) is 0. The summed E-state index contributed by atoms with van der Waals surface area (Å²) in [5, 5.41) is 0. The van der Waals surface area contributed by atoms with Crippen molar-refractivity contribution < 1.29 is 9.53 Å². The molecule has 0 aliphatic heterocycles. The van der Waals surface area contributed by atoms with Gasteiger partial charge in [0.25, 0.3) is 0 Å². The lowest BCUT2D eigenvalue weighted by atomic mass is 10.6. The predicted molar refractivity (Wildman–Crippen MR) is 33.9 cm³/mol. The van der Waals surface area contributed by atoms with Crippen LogP contribution in [0.4, 0.5) is 0 Å². The van der Waals surface area contributed by atoms with Gasteiger partial charge in [0.1, 0.15) is 5.78 Å². The molecule has 0 spiro atoms. The van der Waals surface area contributed by atoms with E-state index in [1.54, 1.807) is 7.11 Å². The first kappa shape index (κ1) is 10.6. The Morgan fingerprint density at radius 1 is 1.50 bits per heavy atom. The summed E-state index contributed by atoms with van der Waals surface area (Å²) in [5.41, 5.74) is 0. The van der Waals surface area contributed by atoms with E-state index in [0.717, 1.165) is 6.61 Å².